The van der Waals surface area contributed by atoms with Crippen LogP contribution in [0.15, 0.2) is 71.8 Å². The zero-order valence-corrected chi connectivity index (χ0v) is 38.8. The molecule has 2 aliphatic carbocycles. The van der Waals surface area contributed by atoms with Crippen molar-refractivity contribution in [2.75, 3.05) is 0 Å². The van der Waals surface area contributed by atoms with E-state index in [9.17, 15) is 0 Å². The molecule has 2 aliphatic rings. The number of rotatable bonds is 3. The van der Waals surface area contributed by atoms with Crippen molar-refractivity contribution in [2.45, 2.75) is 157 Å². The van der Waals surface area contributed by atoms with Crippen molar-refractivity contribution in [3.8, 4) is 22.3 Å². The molecular formula is C52H69ClSi. The summed E-state index contributed by atoms with van der Waals surface area (Å²) in [5.74, 6) is 0. The first-order chi connectivity index (χ1) is 24.6. The lowest BCUT2D eigenvalue weighted by Crippen LogP contribution is -2.28. The van der Waals surface area contributed by atoms with Gasteiger partial charge in [0.1, 0.15) is 0 Å². The van der Waals surface area contributed by atoms with Gasteiger partial charge in [-0.3, -0.25) is 0 Å². The first kappa shape index (κ1) is 42.0. The normalized spacial score (nSPS) is 16.0. The van der Waals surface area contributed by atoms with Crippen LogP contribution in [0.2, 0.25) is 13.1 Å². The van der Waals surface area contributed by atoms with Crippen LogP contribution in [0.3, 0.4) is 0 Å². The molecule has 2 heteroatoms. The zero-order valence-electron chi connectivity index (χ0n) is 37.1. The molecule has 4 aromatic carbocycles. The van der Waals surface area contributed by atoms with Crippen LogP contribution in [-0.2, 0) is 28.1 Å². The fraction of sp³-hybridized carbons (Fsp3) is 0.462. The second-order valence-electron chi connectivity index (χ2n) is 21.1. The monoisotopic (exact) mass is 756 g/mol. The van der Waals surface area contributed by atoms with Crippen molar-refractivity contribution in [1.82, 2.24) is 0 Å². The van der Waals surface area contributed by atoms with Crippen LogP contribution in [-0.4, -0.2) is 7.38 Å². The van der Waals surface area contributed by atoms with E-state index in [1.165, 1.54) is 89.0 Å². The van der Waals surface area contributed by atoms with Gasteiger partial charge in [0, 0.05) is 5.54 Å². The van der Waals surface area contributed by atoms with Crippen molar-refractivity contribution in [3.05, 3.63) is 127 Å². The highest BCUT2D eigenvalue weighted by Crippen LogP contribution is 2.50. The van der Waals surface area contributed by atoms with Crippen LogP contribution in [0, 0.1) is 13.8 Å². The average Bonchev–Trinajstić information content (AvgIpc) is 3.56. The van der Waals surface area contributed by atoms with Crippen LogP contribution >= 0.6 is 11.1 Å². The van der Waals surface area contributed by atoms with Gasteiger partial charge in [0.2, 0.25) is 0 Å². The van der Waals surface area contributed by atoms with Gasteiger partial charge in [-0.25, -0.2) is 0 Å². The van der Waals surface area contributed by atoms with Crippen LogP contribution in [0.25, 0.3) is 34.4 Å². The minimum Gasteiger partial charge on any atom is -0.167 e. The minimum absolute atomic E-state index is 0.0955. The summed E-state index contributed by atoms with van der Waals surface area (Å²) >= 11 is 7.04. The molecule has 1 atom stereocenters. The van der Waals surface area contributed by atoms with E-state index in [2.05, 4.69) is 197 Å². The molecule has 0 radical (unpaired) electrons. The summed E-state index contributed by atoms with van der Waals surface area (Å²) in [5.41, 5.74) is 23.7. The Labute approximate surface area is 336 Å². The molecule has 0 bridgehead atoms. The van der Waals surface area contributed by atoms with Crippen molar-refractivity contribution in [3.63, 3.8) is 0 Å². The van der Waals surface area contributed by atoms with Crippen molar-refractivity contribution >= 4 is 30.6 Å². The molecule has 0 heterocycles. The van der Waals surface area contributed by atoms with E-state index in [0.29, 0.717) is 5.54 Å². The fourth-order valence-electron chi connectivity index (χ4n) is 9.05. The Morgan fingerprint density at radius 3 is 1.41 bits per heavy atom. The smallest absolute Gasteiger partial charge is 0.161 e. The average molecular weight is 758 g/mol. The lowest BCUT2D eigenvalue weighted by Gasteiger charge is -2.30. The fourth-order valence-corrected chi connectivity index (χ4v) is 12.1. The summed E-state index contributed by atoms with van der Waals surface area (Å²) in [6.45, 7) is 41.2. The molecule has 0 saturated carbocycles. The van der Waals surface area contributed by atoms with Gasteiger partial charge in [0.15, 0.2) is 7.38 Å². The molecule has 54 heavy (non-hydrogen) atoms. The number of halogens is 1. The maximum absolute atomic E-state index is 7.04. The topological polar surface area (TPSA) is 0 Å². The van der Waals surface area contributed by atoms with E-state index in [1.807, 2.05) is 0 Å². The highest BCUT2D eigenvalue weighted by atomic mass is 35.6. The Bertz CT molecular complexity index is 2100. The standard InChI is InChI=1S/C27H37ClSi.C25H32/c1-17-15-21-22(25(17)29(9,10)28)16-23(27(6,7)8)18(2)24(21)19-11-13-20(14-12-19)26(3,4)5;1-16-13-19-15-22(25(6,7)8)17(2)23(21(19)14-16)18-9-11-20(12-10-18)24(3,4)5/h11-16,25H,1-10H3;9-13,15H,14H2,1-8H3. The van der Waals surface area contributed by atoms with Crippen LogP contribution < -0.4 is 0 Å². The molecule has 0 aromatic heterocycles. The minimum atomic E-state index is -1.89. The van der Waals surface area contributed by atoms with E-state index in [0.717, 1.165) is 6.42 Å². The van der Waals surface area contributed by atoms with Crippen molar-refractivity contribution in [2.24, 2.45) is 0 Å². The first-order valence-electron chi connectivity index (χ1n) is 20.2. The number of benzene rings is 4. The van der Waals surface area contributed by atoms with Gasteiger partial charge in [0.25, 0.3) is 0 Å². The third kappa shape index (κ3) is 8.49. The summed E-state index contributed by atoms with van der Waals surface area (Å²) in [6, 6.07) is 23.4. The van der Waals surface area contributed by atoms with Gasteiger partial charge in [-0.15, -0.1) is 0 Å². The zero-order chi connectivity index (χ0) is 40.5. The Kier molecular flexibility index (Phi) is 11.2. The van der Waals surface area contributed by atoms with Crippen molar-refractivity contribution < 1.29 is 0 Å². The highest BCUT2D eigenvalue weighted by molar-refractivity contribution is 7.20. The van der Waals surface area contributed by atoms with Gasteiger partial charge in [-0.2, -0.15) is 11.1 Å². The molecule has 6 rings (SSSR count). The molecule has 0 saturated heterocycles. The molecule has 4 aromatic rings. The van der Waals surface area contributed by atoms with E-state index in [4.69, 9.17) is 11.1 Å². The molecule has 0 amide bonds. The van der Waals surface area contributed by atoms with E-state index < -0.39 is 7.38 Å². The van der Waals surface area contributed by atoms with Gasteiger partial charge >= 0.3 is 0 Å². The van der Waals surface area contributed by atoms with Crippen LogP contribution in [0.4, 0.5) is 0 Å². The lowest BCUT2D eigenvalue weighted by atomic mass is 9.78. The third-order valence-corrected chi connectivity index (χ3v) is 14.6. The summed E-state index contributed by atoms with van der Waals surface area (Å²) < 4.78 is 0. The Morgan fingerprint density at radius 2 is 0.981 bits per heavy atom. The van der Waals surface area contributed by atoms with E-state index >= 15 is 0 Å². The molecule has 0 aliphatic heterocycles. The molecule has 0 spiro atoms. The van der Waals surface area contributed by atoms with Crippen LogP contribution in [0.1, 0.15) is 158 Å². The Morgan fingerprint density at radius 1 is 0.556 bits per heavy atom. The summed E-state index contributed by atoms with van der Waals surface area (Å²) in [5, 5.41) is 0. The van der Waals surface area contributed by atoms with E-state index in [-0.39, 0.29) is 21.7 Å². The van der Waals surface area contributed by atoms with Gasteiger partial charge < -0.3 is 0 Å². The Balaban J connectivity index is 0.000000210. The quantitative estimate of drug-likeness (QED) is 0.144. The largest absolute Gasteiger partial charge is 0.167 e. The van der Waals surface area contributed by atoms with Crippen LogP contribution in [0.5, 0.6) is 0 Å². The molecule has 0 nitrogen and oxygen atoms in total. The number of fused-ring (bicyclic) bond motifs is 2. The number of hydrogen-bond acceptors (Lipinski definition) is 0. The van der Waals surface area contributed by atoms with Gasteiger partial charge in [-0.1, -0.05) is 180 Å². The molecule has 288 valence electrons. The lowest BCUT2D eigenvalue weighted by molar-refractivity contribution is 0.585. The molecule has 1 unspecified atom stereocenters. The maximum Gasteiger partial charge on any atom is 0.161 e. The third-order valence-electron chi connectivity index (χ3n) is 11.8. The number of hydrogen-bond donors (Lipinski definition) is 0. The second-order valence-corrected chi connectivity index (χ2v) is 27.8. The second kappa shape index (κ2) is 14.4. The molecule has 0 fully saturated rings. The Hall–Kier alpha value is -3.13. The van der Waals surface area contributed by atoms with Gasteiger partial charge in [0.05, 0.1) is 0 Å². The molecular weight excluding hydrogens is 688 g/mol. The van der Waals surface area contributed by atoms with Gasteiger partial charge in [-0.05, 0) is 134 Å². The SMILES string of the molecule is CC1=Cc2c(cc(C(C)(C)C)c(C)c2-c2ccc(C(C)(C)C)cc2)C1[Si](C)(C)Cl.CC1=Cc2cc(C(C)(C)C)c(C)c(-c3ccc(C(C)(C)C)cc3)c2C1. The number of allylic oxidation sites excluding steroid dienone is 2. The summed E-state index contributed by atoms with van der Waals surface area (Å²) in [6.07, 6.45) is 5.86. The predicted octanol–water partition coefficient (Wildman–Crippen LogP) is 16.0. The first-order valence-corrected chi connectivity index (χ1v) is 24.3. The highest BCUT2D eigenvalue weighted by Gasteiger charge is 2.39. The summed E-state index contributed by atoms with van der Waals surface area (Å²) in [7, 11) is -1.89. The maximum atomic E-state index is 7.04. The predicted molar refractivity (Wildman–Crippen MR) is 245 cm³/mol. The molecule has 0 N–H and O–H groups in total. The van der Waals surface area contributed by atoms with E-state index in [1.54, 1.807) is 0 Å². The van der Waals surface area contributed by atoms with Crippen molar-refractivity contribution in [1.29, 1.82) is 0 Å². The summed E-state index contributed by atoms with van der Waals surface area (Å²) in [4.78, 5) is 0.